The summed E-state index contributed by atoms with van der Waals surface area (Å²) in [6.07, 6.45) is 10.8. The number of rotatable bonds is 30. The molecule has 1 heterocycles. The zero-order chi connectivity index (χ0) is 72.1. The Morgan fingerprint density at radius 3 is 0.870 bits per heavy atom. The maximum Gasteiger partial charge on any atom is 0.271 e. The molecule has 6 N–H and O–H groups in total. The monoisotopic (exact) mass is 1370 g/mol. The first-order chi connectivity index (χ1) is 48.2. The van der Waals surface area contributed by atoms with Gasteiger partial charge in [-0.05, 0) is 145 Å². The molecule has 0 saturated heterocycles. The molecule has 0 aliphatic rings. The van der Waals surface area contributed by atoms with E-state index in [1.54, 1.807) is 66.7 Å². The average Bonchev–Trinajstić information content (AvgIpc) is 0.805. The maximum atomic E-state index is 15.0. The summed E-state index contributed by atoms with van der Waals surface area (Å²) >= 11 is 0. The fraction of sp³-hybridized carbons (Fsp3) is 0.436. The van der Waals surface area contributed by atoms with E-state index in [0.29, 0.717) is 49.7 Å². The topological polar surface area (TPSA) is 297 Å². The Kier molecular flexibility index (Phi) is 30.5. The van der Waals surface area contributed by atoms with Gasteiger partial charge in [-0.2, -0.15) is 10.2 Å². The van der Waals surface area contributed by atoms with Gasteiger partial charge in [0.2, 0.25) is 0 Å². The van der Waals surface area contributed by atoms with E-state index in [9.17, 15) is 28.8 Å². The van der Waals surface area contributed by atoms with E-state index in [-0.39, 0.29) is 164 Å². The molecule has 22 heteroatoms. The van der Waals surface area contributed by atoms with Crippen molar-refractivity contribution < 1.29 is 37.9 Å². The zero-order valence-electron chi connectivity index (χ0n) is 60.0. The van der Waals surface area contributed by atoms with Crippen LogP contribution >= 0.6 is 0 Å². The summed E-state index contributed by atoms with van der Waals surface area (Å²) in [6.45, 7) is 26.2. The number of fused-ring (bicyclic) bond motifs is 12. The molecule has 536 valence electrons. The molecule has 0 fully saturated rings. The van der Waals surface area contributed by atoms with E-state index < -0.39 is 33.4 Å². The number of hydrogen-bond donors (Lipinski definition) is 6. The number of hydrogen-bond acceptors (Lipinski definition) is 16. The lowest BCUT2D eigenvalue weighted by Crippen LogP contribution is -2.12. The molecule has 0 atom stereocenters. The van der Waals surface area contributed by atoms with Gasteiger partial charge in [-0.15, -0.1) is 0 Å². The van der Waals surface area contributed by atoms with Gasteiger partial charge in [-0.3, -0.25) is 28.8 Å². The summed E-state index contributed by atoms with van der Waals surface area (Å²) < 4.78 is 50.4. The molecule has 7 rings (SSSR count). The second-order valence-corrected chi connectivity index (χ2v) is 26.2. The third-order valence-corrected chi connectivity index (χ3v) is 15.2. The summed E-state index contributed by atoms with van der Waals surface area (Å²) in [5, 5.41) is 14.9. The van der Waals surface area contributed by atoms with Crippen LogP contribution in [0.4, 0.5) is 0 Å². The van der Waals surface area contributed by atoms with E-state index in [4.69, 9.17) is 37.9 Å². The molecule has 12 bridgehead atoms. The van der Waals surface area contributed by atoms with Crippen molar-refractivity contribution in [2.24, 2.45) is 23.7 Å². The first-order valence-electron chi connectivity index (χ1n) is 35.0. The van der Waals surface area contributed by atoms with Crippen LogP contribution < -0.4 is 71.3 Å². The average molecular weight is 1370 g/mol. The van der Waals surface area contributed by atoms with Gasteiger partial charge in [-0.25, -0.2) is 10.2 Å². The largest absolute Gasteiger partial charge is 0.493 e. The number of aromatic amines is 6. The lowest BCUT2D eigenvalue weighted by molar-refractivity contribution is 0.261. The summed E-state index contributed by atoms with van der Waals surface area (Å²) in [4.78, 5) is 100. The Bertz CT molecular complexity index is 4440. The SMILES string of the molecule is CCCCCOc1ccc2cc1c(=O)[nH]c1cc([nH]c(=O)c3cc(ccc3OCCCCC)c(=O)[nH]ncc3ccc(OCCCC)c(c3)c(=O)[nH]c3cc([nH]c(=O)c4cc(ccc4OCCCC)cn[nH]c2=O)c(OCC(C)C)cc3OCC(C)C)c(OCC(C)C)cc1OCC(C)C. The lowest BCUT2D eigenvalue weighted by Gasteiger charge is -2.14. The number of unbranched alkanes of at least 4 members (excludes halogenated alkanes) is 6. The second-order valence-electron chi connectivity index (χ2n) is 26.2. The number of ether oxygens (including phenoxy) is 8. The summed E-state index contributed by atoms with van der Waals surface area (Å²) in [6, 6.07) is 25.1. The molecule has 100 heavy (non-hydrogen) atoms. The molecule has 0 amide bonds. The van der Waals surface area contributed by atoms with E-state index in [2.05, 4.69) is 54.2 Å². The highest BCUT2D eigenvalue weighted by Gasteiger charge is 2.15. The molecule has 22 nitrogen and oxygen atoms in total. The molecule has 0 saturated carbocycles. The predicted molar refractivity (Wildman–Crippen MR) is 400 cm³/mol. The zero-order valence-corrected chi connectivity index (χ0v) is 60.0. The maximum absolute atomic E-state index is 15.0. The van der Waals surface area contributed by atoms with Crippen molar-refractivity contribution in [3.8, 4) is 46.0 Å². The number of H-pyrrole nitrogens is 6. The normalized spacial score (nSPS) is 11.1. The van der Waals surface area contributed by atoms with Crippen LogP contribution in [0.3, 0.4) is 0 Å². The fourth-order valence-electron chi connectivity index (χ4n) is 9.77. The smallest absolute Gasteiger partial charge is 0.271 e. The molecule has 1 aromatic heterocycles. The van der Waals surface area contributed by atoms with Gasteiger partial charge in [0.1, 0.15) is 46.0 Å². The van der Waals surface area contributed by atoms with Gasteiger partial charge in [-0.1, -0.05) is 122 Å². The van der Waals surface area contributed by atoms with Crippen molar-refractivity contribution in [1.29, 1.82) is 0 Å². The third kappa shape index (κ3) is 23.5. The Balaban J connectivity index is 1.68. The van der Waals surface area contributed by atoms with Crippen molar-refractivity contribution in [1.82, 2.24) is 40.3 Å². The third-order valence-electron chi connectivity index (χ3n) is 15.2. The van der Waals surface area contributed by atoms with Crippen LogP contribution in [0.25, 0.3) is 65.2 Å². The van der Waals surface area contributed by atoms with Crippen LogP contribution in [-0.2, 0) is 0 Å². The van der Waals surface area contributed by atoms with Crippen LogP contribution in [0.2, 0.25) is 0 Å². The van der Waals surface area contributed by atoms with Crippen LogP contribution in [-0.4, -0.2) is 93.2 Å². The van der Waals surface area contributed by atoms with Crippen LogP contribution in [0.5, 0.6) is 46.0 Å². The Hall–Kier alpha value is -10.1. The molecule has 6 aromatic carbocycles. The van der Waals surface area contributed by atoms with Crippen molar-refractivity contribution in [3.05, 3.63) is 172 Å². The number of nitrogens with one attached hydrogen (secondary N) is 6. The van der Waals surface area contributed by atoms with Crippen molar-refractivity contribution in [3.63, 3.8) is 0 Å². The van der Waals surface area contributed by atoms with Gasteiger partial charge in [0.05, 0.1) is 109 Å². The molecular weight excluding hydrogens is 1270 g/mol. The minimum Gasteiger partial charge on any atom is -0.493 e. The highest BCUT2D eigenvalue weighted by molar-refractivity contribution is 5.80. The van der Waals surface area contributed by atoms with Crippen LogP contribution in [0.1, 0.15) is 147 Å². The number of aromatic nitrogens is 8. The molecule has 0 aliphatic carbocycles. The Labute approximate surface area is 582 Å². The van der Waals surface area contributed by atoms with Crippen LogP contribution in [0.15, 0.2) is 138 Å². The summed E-state index contributed by atoms with van der Waals surface area (Å²) in [5.74, 6) is 2.16. The van der Waals surface area contributed by atoms with E-state index >= 15 is 0 Å². The van der Waals surface area contributed by atoms with Gasteiger partial charge in [0.15, 0.2) is 0 Å². The Morgan fingerprint density at radius 1 is 0.300 bits per heavy atom. The first kappa shape index (κ1) is 77.2. The molecule has 0 radical (unpaired) electrons. The van der Waals surface area contributed by atoms with Gasteiger partial charge in [0.25, 0.3) is 33.4 Å². The standard InChI is InChI=1S/C78H100N8O14/c1-13-17-21-33-95-67-29-25-55-37-59(67)77(91)83-63-40-64(72(100-48-52(11)12)42-71(63)99-47-51(9)10)84-78(92)60-38-56(26-30-68(60)96-34-22-18-14-2)74(88)86-80-44-54-24-28-66(94-32-20-16-4)58(36-54)76(90)82-62-39-61(69(97-45-49(5)6)41-70(62)98-46-50(7)8)81-75(89)57-35-53(43-79-85-73(55)87)23-27-65(57)93-31-19-15-3/h23-30,35-44,49-52H,13-22,31-34,45-48H2,1-12H3,(H,81,89)(H,82,90)(H,83,91)(H,84,92)(H,85,87)(H,86,88). The first-order valence-corrected chi connectivity index (χ1v) is 35.0. The molecule has 0 unspecified atom stereocenters. The molecular formula is C78H100N8O14. The fourth-order valence-corrected chi connectivity index (χ4v) is 9.77. The van der Waals surface area contributed by atoms with E-state index in [0.717, 1.165) is 38.5 Å². The van der Waals surface area contributed by atoms with Gasteiger partial charge >= 0.3 is 0 Å². The quantitative estimate of drug-likeness (QED) is 0.0228. The van der Waals surface area contributed by atoms with Gasteiger partial charge in [0, 0.05) is 22.9 Å². The van der Waals surface area contributed by atoms with Crippen molar-refractivity contribution in [2.75, 3.05) is 52.9 Å². The number of nitrogens with zero attached hydrogens (tertiary/aromatic N) is 2. The molecule has 7 aromatic rings. The van der Waals surface area contributed by atoms with Crippen molar-refractivity contribution >= 4 is 65.2 Å². The predicted octanol–water partition coefficient (Wildman–Crippen LogP) is 15.3. The van der Waals surface area contributed by atoms with Crippen molar-refractivity contribution in [2.45, 2.75) is 147 Å². The second kappa shape index (κ2) is 39.5. The molecule has 0 spiro atoms. The highest BCUT2D eigenvalue weighted by atomic mass is 16.5. The van der Waals surface area contributed by atoms with E-state index in [1.165, 1.54) is 42.7 Å². The highest BCUT2D eigenvalue weighted by Crippen LogP contribution is 2.32. The summed E-state index contributed by atoms with van der Waals surface area (Å²) in [7, 11) is 0. The minimum absolute atomic E-state index is 0.00415. The van der Waals surface area contributed by atoms with E-state index in [1.807, 2.05) is 69.2 Å². The lowest BCUT2D eigenvalue weighted by atomic mass is 10.2. The van der Waals surface area contributed by atoms with Crippen LogP contribution in [0, 0.1) is 23.7 Å². The molecule has 0 aliphatic heterocycles. The minimum atomic E-state index is -0.677. The number of benzene rings is 6. The van der Waals surface area contributed by atoms with Gasteiger partial charge < -0.3 is 57.8 Å². The Morgan fingerprint density at radius 2 is 0.580 bits per heavy atom. The summed E-state index contributed by atoms with van der Waals surface area (Å²) in [5.41, 5.74) is -3.24.